The number of rotatable bonds is 26. The van der Waals surface area contributed by atoms with E-state index in [1.165, 1.54) is 0 Å². The third-order valence-electron chi connectivity index (χ3n) is 18.5. The zero-order valence-electron chi connectivity index (χ0n) is 67.6. The molecule has 0 saturated carbocycles. The molecular weight excluding hydrogens is 2030 g/mol. The first kappa shape index (κ1) is 88.9. The second-order valence-electron chi connectivity index (χ2n) is 30.5. The number of halogens is 4. The normalized spacial score (nSPS) is 13.6. The Morgan fingerprint density at radius 3 is 0.873 bits per heavy atom. The van der Waals surface area contributed by atoms with E-state index < -0.39 is 0 Å². The number of anilines is 4. The Morgan fingerprint density at radius 2 is 0.610 bits per heavy atom. The number of nitrogens with one attached hydrogen (secondary N) is 4. The minimum absolute atomic E-state index is 0.101. The molecule has 12 N–H and O–H groups in total. The van der Waals surface area contributed by atoms with Crippen molar-refractivity contribution in [3.63, 3.8) is 0 Å². The average molecular weight is 2130 g/mol. The number of pyridine rings is 4. The number of hydrogen-bond donors (Lipinski definition) is 8. The molecule has 8 aromatic heterocycles. The van der Waals surface area contributed by atoms with Crippen molar-refractivity contribution in [2.75, 3.05) is 102 Å². The zero-order valence-corrected chi connectivity index (χ0v) is 79.5. The van der Waals surface area contributed by atoms with Gasteiger partial charge in [-0.25, -0.2) is 39.9 Å². The number of nitrogens with two attached hydrogens (primary N) is 4. The van der Waals surface area contributed by atoms with Gasteiger partial charge in [0.25, 0.3) is 0 Å². The van der Waals surface area contributed by atoms with Crippen molar-refractivity contribution >= 4 is 205 Å². The van der Waals surface area contributed by atoms with Crippen LogP contribution in [0.3, 0.4) is 0 Å². The van der Waals surface area contributed by atoms with Crippen molar-refractivity contribution in [3.05, 3.63) is 112 Å². The summed E-state index contributed by atoms with van der Waals surface area (Å²) in [6, 6.07) is 25.1. The van der Waals surface area contributed by atoms with Gasteiger partial charge in [0.15, 0.2) is 89.9 Å². The molecule has 0 saturated heterocycles. The van der Waals surface area contributed by atoms with Crippen LogP contribution in [0.4, 0.5) is 23.3 Å². The largest absolute Gasteiger partial charge is 0.486 e. The van der Waals surface area contributed by atoms with E-state index in [4.69, 9.17) is 80.8 Å². The van der Waals surface area contributed by atoms with Crippen LogP contribution in [0.5, 0.6) is 46.0 Å². The van der Waals surface area contributed by atoms with Crippen molar-refractivity contribution in [1.82, 2.24) is 79.4 Å². The van der Waals surface area contributed by atoms with Gasteiger partial charge in [0, 0.05) is 108 Å². The number of benzene rings is 4. The predicted molar refractivity (Wildman–Crippen MR) is 505 cm³/mol. The lowest BCUT2D eigenvalue weighted by molar-refractivity contribution is 0.171. The summed E-state index contributed by atoms with van der Waals surface area (Å²) < 4.78 is 59.2. The number of fused-ring (bicyclic) bond motifs is 8. The quantitative estimate of drug-likeness (QED) is 0.0184. The molecule has 4 aromatic carbocycles. The molecule has 12 heterocycles. The highest BCUT2D eigenvalue weighted by molar-refractivity contribution is 14.1. The van der Waals surface area contributed by atoms with Gasteiger partial charge in [-0.15, -0.1) is 0 Å². The summed E-state index contributed by atoms with van der Waals surface area (Å²) >= 11 is 15.8. The fourth-order valence-electron chi connectivity index (χ4n) is 12.9. The first-order valence-corrected chi connectivity index (χ1v) is 46.7. The van der Waals surface area contributed by atoms with E-state index in [0.717, 1.165) is 223 Å². The zero-order chi connectivity index (χ0) is 83.4. The molecule has 28 nitrogen and oxygen atoms in total. The maximum Gasteiger partial charge on any atom is 0.174 e. The van der Waals surface area contributed by atoms with E-state index >= 15 is 0 Å². The summed E-state index contributed by atoms with van der Waals surface area (Å²) in [5.74, 6) is 8.14. The highest BCUT2D eigenvalue weighted by Gasteiger charge is 2.27. The number of hydrogen-bond acceptors (Lipinski definition) is 28. The molecule has 0 bridgehead atoms. The fourth-order valence-corrected chi connectivity index (χ4v) is 19.8. The molecule has 0 spiro atoms. The van der Waals surface area contributed by atoms with E-state index in [1.807, 2.05) is 72.8 Å². The molecule has 12 aromatic rings. The lowest BCUT2D eigenvalue weighted by Gasteiger charge is -2.21. The first-order chi connectivity index (χ1) is 56.7. The predicted octanol–water partition coefficient (Wildman–Crippen LogP) is 16.5. The van der Waals surface area contributed by atoms with E-state index in [1.54, 1.807) is 71.8 Å². The molecule has 118 heavy (non-hydrogen) atoms. The molecule has 36 heteroatoms. The Hall–Kier alpha value is -6.88. The van der Waals surface area contributed by atoms with Crippen LogP contribution in [0.2, 0.25) is 0 Å². The van der Waals surface area contributed by atoms with Crippen LogP contribution >= 0.6 is 137 Å². The molecule has 4 aliphatic rings. The summed E-state index contributed by atoms with van der Waals surface area (Å²) in [6.45, 7) is 33.4. The van der Waals surface area contributed by atoms with Gasteiger partial charge in [0.2, 0.25) is 0 Å². The molecule has 0 fully saturated rings. The standard InChI is InChI=1S/2C21H26IN5O2S.2C20H24IN5O2S/c2*1-21(2,3)25-6-4-8-27-14-5-7-24-19(23)18(14)26-20(27)30-17-12-16-15(11-13(17)22)28-9-10-29-16;2*1-12(2)23-5-3-7-26-14-4-6-24-19(22)18(14)25-20(26)29-17-11-16-15(10-13(17)21)27-8-9-28-16/h2*5,7,11-12,25H,4,6,8-10H2,1-3H3,(H2,23,24);2*4,6,10-12,23H,3,5,7-9H2,1-2H3,(H2,22,24)/i22+4;22-3;21+4;21-3. The van der Waals surface area contributed by atoms with E-state index in [2.05, 4.69) is 219 Å². The molecule has 628 valence electrons. The Bertz CT molecular complexity index is 5170. The Kier molecular flexibility index (Phi) is 30.8. The highest BCUT2D eigenvalue weighted by Crippen LogP contribution is 2.46. The summed E-state index contributed by atoms with van der Waals surface area (Å²) in [7, 11) is 0. The van der Waals surface area contributed by atoms with Crippen molar-refractivity contribution in [2.24, 2.45) is 0 Å². The lowest BCUT2D eigenvalue weighted by atomic mass is 10.1. The number of aromatic nitrogens is 12. The van der Waals surface area contributed by atoms with Gasteiger partial charge in [0.05, 0.1) is 22.1 Å². The van der Waals surface area contributed by atoms with Crippen LogP contribution < -0.4 is 82.1 Å². The Balaban J connectivity index is 0.000000136. The van der Waals surface area contributed by atoms with Crippen molar-refractivity contribution in [2.45, 2.75) is 184 Å². The molecule has 0 amide bonds. The third kappa shape index (κ3) is 23.1. The summed E-state index contributed by atoms with van der Waals surface area (Å²) in [5.41, 5.74) is 31.7. The summed E-state index contributed by atoms with van der Waals surface area (Å²) in [5, 5.41) is 17.6. The lowest BCUT2D eigenvalue weighted by Crippen LogP contribution is -2.36. The van der Waals surface area contributed by atoms with Gasteiger partial charge >= 0.3 is 0 Å². The van der Waals surface area contributed by atoms with Crippen LogP contribution in [0.1, 0.15) is 94.9 Å². The van der Waals surface area contributed by atoms with E-state index in [0.29, 0.717) is 88.2 Å². The van der Waals surface area contributed by atoms with Gasteiger partial charge in [-0.1, -0.05) is 74.7 Å². The number of nitrogens with zero attached hydrogens (tertiary/aromatic N) is 12. The van der Waals surface area contributed by atoms with Gasteiger partial charge in [0.1, 0.15) is 74.9 Å². The summed E-state index contributed by atoms with van der Waals surface area (Å²) in [4.78, 5) is 40.5. The van der Waals surface area contributed by atoms with Crippen LogP contribution in [0, 0.1) is 14.3 Å². The van der Waals surface area contributed by atoms with Crippen LogP contribution in [-0.2, 0) is 26.2 Å². The minimum atomic E-state index is 0.101. The van der Waals surface area contributed by atoms with Gasteiger partial charge in [-0.3, -0.25) is 0 Å². The topological polar surface area (TPSA) is 349 Å². The maximum atomic E-state index is 6.12. The fraction of sp³-hybridized carbons (Fsp3) is 0.415. The smallest absolute Gasteiger partial charge is 0.174 e. The molecule has 0 radical (unpaired) electrons. The molecule has 0 aliphatic carbocycles. The van der Waals surface area contributed by atoms with Crippen LogP contribution in [0.15, 0.2) is 138 Å². The third-order valence-corrected chi connectivity index (χ3v) is 27.7. The number of ether oxygens (including phenoxy) is 8. The molecular formula is C82H100I4N20O8S4. The molecule has 0 unspecified atom stereocenters. The van der Waals surface area contributed by atoms with Crippen LogP contribution in [0.25, 0.3) is 44.1 Å². The second kappa shape index (κ2) is 40.9. The number of nitrogen functional groups attached to an aromatic ring is 4. The minimum Gasteiger partial charge on any atom is -0.486 e. The molecule has 0 atom stereocenters. The van der Waals surface area contributed by atoms with Gasteiger partial charge < -0.3 is 100 Å². The van der Waals surface area contributed by atoms with Crippen LogP contribution in [-0.4, -0.2) is 160 Å². The number of aryl methyl sites for hydroxylation is 4. The summed E-state index contributed by atoms with van der Waals surface area (Å²) in [6.07, 6.45) is 10.9. The maximum absolute atomic E-state index is 6.12. The first-order valence-electron chi connectivity index (χ1n) is 39.2. The van der Waals surface area contributed by atoms with E-state index in [-0.39, 0.29) is 11.1 Å². The van der Waals surface area contributed by atoms with Crippen molar-refractivity contribution < 1.29 is 37.9 Å². The SMILES string of the molecule is CC(C)(C)NCCCn1c(Sc2cc3c(cc2[124I])OCCO3)nc2c(N)nccc21.CC(C)(C)NCCCn1c(Sc2cc3c(cc2[131I])OCCO3)nc2c(N)nccc21.CC(C)NCCCn1c(Sc2cc3c(cc2[124I])OCCO3)nc2c(N)nccc21.CC(C)NCCCn1c(Sc2cc3c(cc2[131I])OCCO3)nc2c(N)nccc21. The Labute approximate surface area is 758 Å². The highest BCUT2D eigenvalue weighted by atomic mass is 131. The molecule has 16 rings (SSSR count). The van der Waals surface area contributed by atoms with Gasteiger partial charge in [-0.05, 0) is 257 Å². The number of imidazole rings is 4. The van der Waals surface area contributed by atoms with Crippen molar-refractivity contribution in [1.29, 1.82) is 0 Å². The van der Waals surface area contributed by atoms with Gasteiger partial charge in [-0.2, -0.15) is 0 Å². The van der Waals surface area contributed by atoms with Crippen molar-refractivity contribution in [3.8, 4) is 46.0 Å². The Morgan fingerprint density at radius 1 is 0.373 bits per heavy atom. The monoisotopic (exact) mass is 2130 g/mol. The molecule has 4 aliphatic heterocycles. The average Bonchev–Trinajstić information content (AvgIpc) is 1.62. The second-order valence-corrected chi connectivity index (χ2v) is 39.2. The van der Waals surface area contributed by atoms with E-state index in [9.17, 15) is 0 Å².